The van der Waals surface area contributed by atoms with Crippen molar-refractivity contribution in [2.75, 3.05) is 26.2 Å². The molecule has 0 bridgehead atoms. The average molecular weight is 300 g/mol. The Morgan fingerprint density at radius 2 is 1.55 bits per heavy atom. The van der Waals surface area contributed by atoms with E-state index in [1.807, 2.05) is 0 Å². The maximum atomic E-state index is 3.52. The van der Waals surface area contributed by atoms with E-state index in [9.17, 15) is 0 Å². The van der Waals surface area contributed by atoms with E-state index in [0.717, 1.165) is 19.0 Å². The van der Waals surface area contributed by atoms with Gasteiger partial charge in [0.25, 0.3) is 0 Å². The Labute approximate surface area is 136 Å². The van der Waals surface area contributed by atoms with E-state index >= 15 is 0 Å². The number of hydrogen-bond acceptors (Lipinski definition) is 2. The Morgan fingerprint density at radius 1 is 0.955 bits per heavy atom. The summed E-state index contributed by atoms with van der Waals surface area (Å²) >= 11 is 0. The molecule has 0 amide bonds. The molecule has 1 aliphatic carbocycles. The zero-order chi connectivity index (χ0) is 15.5. The first-order valence-electron chi connectivity index (χ1n) is 9.19. The lowest BCUT2D eigenvalue weighted by molar-refractivity contribution is 0.102. The summed E-state index contributed by atoms with van der Waals surface area (Å²) in [5.41, 5.74) is 6.05. The first-order valence-corrected chi connectivity index (χ1v) is 9.19. The van der Waals surface area contributed by atoms with Crippen molar-refractivity contribution in [1.82, 2.24) is 10.2 Å². The van der Waals surface area contributed by atoms with Crippen molar-refractivity contribution in [2.24, 2.45) is 5.92 Å². The van der Waals surface area contributed by atoms with Crippen LogP contribution in [0.4, 0.5) is 0 Å². The highest BCUT2D eigenvalue weighted by molar-refractivity contribution is 5.40. The normalized spacial score (nSPS) is 22.7. The van der Waals surface area contributed by atoms with Crippen LogP contribution in [0.3, 0.4) is 0 Å². The van der Waals surface area contributed by atoms with Gasteiger partial charge in [0.1, 0.15) is 0 Å². The fourth-order valence-corrected chi connectivity index (χ4v) is 4.78. The van der Waals surface area contributed by atoms with Crippen LogP contribution in [0.25, 0.3) is 0 Å². The highest BCUT2D eigenvalue weighted by Gasteiger charge is 2.32. The molecule has 1 heterocycles. The van der Waals surface area contributed by atoms with Crippen LogP contribution >= 0.6 is 0 Å². The molecule has 1 N–H and O–H groups in total. The molecule has 1 aromatic rings. The Balaban J connectivity index is 1.96. The molecule has 3 rings (SSSR count). The van der Waals surface area contributed by atoms with Gasteiger partial charge >= 0.3 is 0 Å². The molecule has 0 aromatic heterocycles. The number of piperazine rings is 1. The fourth-order valence-electron chi connectivity index (χ4n) is 4.78. The molecule has 0 unspecified atom stereocenters. The SMILES string of the molecule is Cc1cc(C)c([C@@H](C2CCCCC2)N2CCNCC2)c(C)c1. The van der Waals surface area contributed by atoms with Crippen LogP contribution in [0, 0.1) is 26.7 Å². The van der Waals surface area contributed by atoms with Crippen LogP contribution in [0.15, 0.2) is 12.1 Å². The molecule has 2 nitrogen and oxygen atoms in total. The molecule has 122 valence electrons. The predicted octanol–water partition coefficient (Wildman–Crippen LogP) is 4.14. The van der Waals surface area contributed by atoms with Crippen molar-refractivity contribution in [2.45, 2.75) is 58.9 Å². The Kier molecular flexibility index (Phi) is 5.20. The number of rotatable bonds is 3. The summed E-state index contributed by atoms with van der Waals surface area (Å²) in [5.74, 6) is 0.854. The van der Waals surface area contributed by atoms with E-state index in [1.54, 1.807) is 5.56 Å². The lowest BCUT2D eigenvalue weighted by Crippen LogP contribution is -2.47. The molecule has 2 aliphatic rings. The van der Waals surface area contributed by atoms with E-state index in [-0.39, 0.29) is 0 Å². The number of hydrogen-bond donors (Lipinski definition) is 1. The van der Waals surface area contributed by atoms with E-state index in [2.05, 4.69) is 43.1 Å². The minimum absolute atomic E-state index is 0.642. The second-order valence-electron chi connectivity index (χ2n) is 7.44. The second-order valence-corrected chi connectivity index (χ2v) is 7.44. The predicted molar refractivity (Wildman–Crippen MR) is 94.4 cm³/mol. The van der Waals surface area contributed by atoms with Gasteiger partial charge in [0.15, 0.2) is 0 Å². The quantitative estimate of drug-likeness (QED) is 0.902. The summed E-state index contributed by atoms with van der Waals surface area (Å²) in [6.07, 6.45) is 7.13. The molecule has 2 fully saturated rings. The lowest BCUT2D eigenvalue weighted by Gasteiger charge is -2.42. The average Bonchev–Trinajstić information content (AvgIpc) is 2.52. The second kappa shape index (κ2) is 7.14. The van der Waals surface area contributed by atoms with Gasteiger partial charge in [-0.15, -0.1) is 0 Å². The van der Waals surface area contributed by atoms with E-state index < -0.39 is 0 Å². The molecule has 0 radical (unpaired) electrons. The minimum atomic E-state index is 0.642. The number of benzene rings is 1. The molecule has 22 heavy (non-hydrogen) atoms. The maximum absolute atomic E-state index is 3.52. The van der Waals surface area contributed by atoms with Crippen LogP contribution < -0.4 is 5.32 Å². The van der Waals surface area contributed by atoms with Crippen molar-refractivity contribution in [3.63, 3.8) is 0 Å². The summed E-state index contributed by atoms with van der Waals surface area (Å²) in [7, 11) is 0. The standard InChI is InChI=1S/C20H32N2/c1-15-13-16(2)19(17(3)14-15)20(18-7-5-4-6-8-18)22-11-9-21-10-12-22/h13-14,18,20-21H,4-12H2,1-3H3/t20-/m1/s1. The maximum Gasteiger partial charge on any atom is 0.0382 e. The van der Waals surface area contributed by atoms with Crippen LogP contribution in [0.1, 0.15) is 60.4 Å². The first-order chi connectivity index (χ1) is 10.7. The molecule has 1 aliphatic heterocycles. The summed E-state index contributed by atoms with van der Waals surface area (Å²) in [6.45, 7) is 11.6. The number of aryl methyl sites for hydroxylation is 3. The third kappa shape index (κ3) is 3.38. The topological polar surface area (TPSA) is 15.3 Å². The van der Waals surface area contributed by atoms with E-state index in [4.69, 9.17) is 0 Å². The lowest BCUT2D eigenvalue weighted by atomic mass is 9.77. The molecule has 1 saturated carbocycles. The fraction of sp³-hybridized carbons (Fsp3) is 0.700. The van der Waals surface area contributed by atoms with Gasteiger partial charge in [-0.25, -0.2) is 0 Å². The smallest absolute Gasteiger partial charge is 0.0382 e. The van der Waals surface area contributed by atoms with E-state index in [1.165, 1.54) is 61.9 Å². The van der Waals surface area contributed by atoms with Gasteiger partial charge in [-0.3, -0.25) is 4.90 Å². The monoisotopic (exact) mass is 300 g/mol. The molecule has 1 atom stereocenters. The zero-order valence-corrected chi connectivity index (χ0v) is 14.6. The van der Waals surface area contributed by atoms with Crippen molar-refractivity contribution >= 4 is 0 Å². The largest absolute Gasteiger partial charge is 0.314 e. The number of nitrogens with zero attached hydrogens (tertiary/aromatic N) is 1. The van der Waals surface area contributed by atoms with Crippen molar-refractivity contribution in [1.29, 1.82) is 0 Å². The van der Waals surface area contributed by atoms with Crippen LogP contribution in [-0.2, 0) is 0 Å². The summed E-state index contributed by atoms with van der Waals surface area (Å²) < 4.78 is 0. The third-order valence-electron chi connectivity index (χ3n) is 5.68. The summed E-state index contributed by atoms with van der Waals surface area (Å²) in [4.78, 5) is 2.77. The van der Waals surface area contributed by atoms with Gasteiger partial charge in [-0.2, -0.15) is 0 Å². The Bertz CT molecular complexity index is 455. The van der Waals surface area contributed by atoms with Gasteiger partial charge in [0, 0.05) is 32.2 Å². The third-order valence-corrected chi connectivity index (χ3v) is 5.68. The van der Waals surface area contributed by atoms with Gasteiger partial charge in [-0.05, 0) is 56.2 Å². The van der Waals surface area contributed by atoms with Gasteiger partial charge in [0.2, 0.25) is 0 Å². The highest BCUT2D eigenvalue weighted by atomic mass is 15.2. The van der Waals surface area contributed by atoms with Crippen molar-refractivity contribution in [3.05, 3.63) is 34.4 Å². The summed E-state index contributed by atoms with van der Waals surface area (Å²) in [5, 5.41) is 3.52. The molecular weight excluding hydrogens is 268 g/mol. The van der Waals surface area contributed by atoms with Crippen molar-refractivity contribution in [3.8, 4) is 0 Å². The Morgan fingerprint density at radius 3 is 2.14 bits per heavy atom. The minimum Gasteiger partial charge on any atom is -0.314 e. The van der Waals surface area contributed by atoms with Gasteiger partial charge < -0.3 is 5.32 Å². The Hall–Kier alpha value is -0.860. The molecule has 0 spiro atoms. The zero-order valence-electron chi connectivity index (χ0n) is 14.6. The first kappa shape index (κ1) is 16.0. The number of nitrogens with one attached hydrogen (secondary N) is 1. The molecule has 1 aromatic carbocycles. The van der Waals surface area contributed by atoms with Gasteiger partial charge in [-0.1, -0.05) is 37.0 Å². The van der Waals surface area contributed by atoms with Crippen LogP contribution in [0.5, 0.6) is 0 Å². The van der Waals surface area contributed by atoms with Gasteiger partial charge in [0.05, 0.1) is 0 Å². The van der Waals surface area contributed by atoms with Crippen molar-refractivity contribution < 1.29 is 0 Å². The summed E-state index contributed by atoms with van der Waals surface area (Å²) in [6, 6.07) is 5.42. The van der Waals surface area contributed by atoms with Crippen LogP contribution in [-0.4, -0.2) is 31.1 Å². The van der Waals surface area contributed by atoms with Crippen LogP contribution in [0.2, 0.25) is 0 Å². The van der Waals surface area contributed by atoms with E-state index in [0.29, 0.717) is 6.04 Å². The highest BCUT2D eigenvalue weighted by Crippen LogP contribution is 2.41. The molecule has 1 saturated heterocycles. The molecular formula is C20H32N2. The molecule has 2 heteroatoms.